The van der Waals surface area contributed by atoms with Crippen LogP contribution in [0.2, 0.25) is 0 Å². The van der Waals surface area contributed by atoms with Gasteiger partial charge in [-0.25, -0.2) is 4.98 Å². The topological polar surface area (TPSA) is 72.7 Å². The Morgan fingerprint density at radius 1 is 1.24 bits per heavy atom. The molecule has 0 atom stereocenters. The molecule has 3 aromatic heterocycles. The molecule has 1 aliphatic rings. The van der Waals surface area contributed by atoms with Crippen LogP contribution in [-0.2, 0) is 19.4 Å². The Bertz CT molecular complexity index is 852. The first-order valence-electron chi connectivity index (χ1n) is 8.50. The quantitative estimate of drug-likeness (QED) is 0.746. The lowest BCUT2D eigenvalue weighted by molar-refractivity contribution is 0.0949. The second-order valence-electron chi connectivity index (χ2n) is 6.02. The van der Waals surface area contributed by atoms with E-state index >= 15 is 0 Å². The third kappa shape index (κ3) is 3.64. The molecule has 25 heavy (non-hydrogen) atoms. The minimum Gasteiger partial charge on any atom is -0.350 e. The Balaban J connectivity index is 1.34. The van der Waals surface area contributed by atoms with Crippen molar-refractivity contribution in [3.8, 4) is 9.88 Å². The Labute approximate surface area is 153 Å². The van der Waals surface area contributed by atoms with E-state index in [1.54, 1.807) is 11.3 Å². The number of aromatic nitrogens is 4. The Morgan fingerprint density at radius 2 is 2.20 bits per heavy atom. The summed E-state index contributed by atoms with van der Waals surface area (Å²) in [5, 5.41) is 16.3. The molecule has 0 aromatic carbocycles. The van der Waals surface area contributed by atoms with E-state index in [1.165, 1.54) is 30.6 Å². The van der Waals surface area contributed by atoms with Crippen LogP contribution in [0.4, 0.5) is 0 Å². The summed E-state index contributed by atoms with van der Waals surface area (Å²) in [4.78, 5) is 17.8. The van der Waals surface area contributed by atoms with E-state index in [0.29, 0.717) is 18.7 Å². The van der Waals surface area contributed by atoms with Crippen LogP contribution in [0.5, 0.6) is 0 Å². The second kappa shape index (κ2) is 7.45. The first-order valence-corrected chi connectivity index (χ1v) is 10.3. The number of nitrogens with one attached hydrogen (secondary N) is 1. The van der Waals surface area contributed by atoms with Crippen molar-refractivity contribution in [2.75, 3.05) is 6.54 Å². The highest BCUT2D eigenvalue weighted by atomic mass is 32.1. The van der Waals surface area contributed by atoms with Crippen molar-refractivity contribution in [1.29, 1.82) is 0 Å². The van der Waals surface area contributed by atoms with Crippen molar-refractivity contribution in [3.05, 3.63) is 40.2 Å². The molecule has 0 saturated carbocycles. The molecule has 0 fully saturated rings. The first-order chi connectivity index (χ1) is 12.3. The Kier molecular flexibility index (Phi) is 4.89. The average molecular weight is 374 g/mol. The Hall–Kier alpha value is -2.06. The summed E-state index contributed by atoms with van der Waals surface area (Å²) < 4.78 is 2.22. The largest absolute Gasteiger partial charge is 0.350 e. The van der Waals surface area contributed by atoms with Gasteiger partial charge in [0.2, 0.25) is 0 Å². The molecule has 0 saturated heterocycles. The molecule has 0 bridgehead atoms. The highest BCUT2D eigenvalue weighted by molar-refractivity contribution is 7.20. The lowest BCUT2D eigenvalue weighted by atomic mass is 10.2. The molecule has 6 nitrogen and oxygen atoms in total. The highest BCUT2D eigenvalue weighted by Crippen LogP contribution is 2.27. The Morgan fingerprint density at radius 3 is 3.08 bits per heavy atom. The van der Waals surface area contributed by atoms with Crippen molar-refractivity contribution in [2.45, 2.75) is 38.6 Å². The SMILES string of the molecule is O=C(NCCc1nnc2n1CCCCC2)c1csc(-c2cccs2)n1. The van der Waals surface area contributed by atoms with Crippen LogP contribution in [0.1, 0.15) is 41.4 Å². The molecular weight excluding hydrogens is 354 g/mol. The monoisotopic (exact) mass is 373 g/mol. The molecule has 3 aromatic rings. The van der Waals surface area contributed by atoms with Crippen molar-refractivity contribution < 1.29 is 4.79 Å². The lowest BCUT2D eigenvalue weighted by Crippen LogP contribution is -2.26. The maximum absolute atomic E-state index is 12.3. The van der Waals surface area contributed by atoms with Gasteiger partial charge in [-0.05, 0) is 24.3 Å². The van der Waals surface area contributed by atoms with Gasteiger partial charge in [-0.2, -0.15) is 0 Å². The number of fused-ring (bicyclic) bond motifs is 1. The van der Waals surface area contributed by atoms with Crippen molar-refractivity contribution >= 4 is 28.6 Å². The predicted molar refractivity (Wildman–Crippen MR) is 99.0 cm³/mol. The number of thiophene rings is 1. The molecule has 1 N–H and O–H groups in total. The van der Waals surface area contributed by atoms with E-state index in [9.17, 15) is 4.79 Å². The third-order valence-corrected chi connectivity index (χ3v) is 6.17. The molecule has 1 aliphatic heterocycles. The van der Waals surface area contributed by atoms with Gasteiger partial charge >= 0.3 is 0 Å². The lowest BCUT2D eigenvalue weighted by Gasteiger charge is -2.07. The summed E-state index contributed by atoms with van der Waals surface area (Å²) in [6.45, 7) is 1.53. The van der Waals surface area contributed by atoms with E-state index in [4.69, 9.17) is 0 Å². The van der Waals surface area contributed by atoms with Crippen LogP contribution < -0.4 is 5.32 Å². The smallest absolute Gasteiger partial charge is 0.270 e. The van der Waals surface area contributed by atoms with Gasteiger partial charge in [0.25, 0.3) is 5.91 Å². The van der Waals surface area contributed by atoms with Crippen LogP contribution in [0.3, 0.4) is 0 Å². The van der Waals surface area contributed by atoms with Gasteiger partial charge in [0, 0.05) is 31.3 Å². The molecule has 0 aliphatic carbocycles. The van der Waals surface area contributed by atoms with Crippen LogP contribution in [0.15, 0.2) is 22.9 Å². The number of carbonyl (C=O) groups is 1. The van der Waals surface area contributed by atoms with Crippen LogP contribution in [-0.4, -0.2) is 32.2 Å². The van der Waals surface area contributed by atoms with Gasteiger partial charge in [0.1, 0.15) is 22.4 Å². The minimum absolute atomic E-state index is 0.130. The van der Waals surface area contributed by atoms with Gasteiger partial charge < -0.3 is 9.88 Å². The first kappa shape index (κ1) is 16.4. The van der Waals surface area contributed by atoms with Crippen molar-refractivity contribution in [3.63, 3.8) is 0 Å². The molecule has 8 heteroatoms. The summed E-state index contributed by atoms with van der Waals surface area (Å²) in [5.41, 5.74) is 0.480. The maximum atomic E-state index is 12.3. The molecule has 0 spiro atoms. The zero-order chi connectivity index (χ0) is 17.1. The molecular formula is C17H19N5OS2. The fourth-order valence-corrected chi connectivity index (χ4v) is 4.61. The number of amides is 1. The van der Waals surface area contributed by atoms with Crippen molar-refractivity contribution in [1.82, 2.24) is 25.1 Å². The minimum atomic E-state index is -0.130. The molecule has 0 radical (unpaired) electrons. The number of rotatable bonds is 5. The van der Waals surface area contributed by atoms with E-state index in [1.807, 2.05) is 22.9 Å². The standard InChI is InChI=1S/C17H19N5OS2/c23-16(12-11-25-17(19-12)13-5-4-10-24-13)18-8-7-15-21-20-14-6-2-1-3-9-22(14)15/h4-5,10-11H,1-3,6-9H2,(H,18,23). The zero-order valence-corrected chi connectivity index (χ0v) is 15.4. The number of hydrogen-bond donors (Lipinski definition) is 1. The number of aryl methyl sites for hydroxylation is 1. The fraction of sp³-hybridized carbons (Fsp3) is 0.412. The predicted octanol–water partition coefficient (Wildman–Crippen LogP) is 3.16. The normalized spacial score (nSPS) is 14.1. The van der Waals surface area contributed by atoms with E-state index in [2.05, 4.69) is 25.1 Å². The van der Waals surface area contributed by atoms with E-state index < -0.39 is 0 Å². The molecule has 4 rings (SSSR count). The number of thiazole rings is 1. The zero-order valence-electron chi connectivity index (χ0n) is 13.8. The number of hydrogen-bond acceptors (Lipinski definition) is 6. The third-order valence-electron chi connectivity index (χ3n) is 4.29. The van der Waals surface area contributed by atoms with Crippen LogP contribution >= 0.6 is 22.7 Å². The molecule has 1 amide bonds. The van der Waals surface area contributed by atoms with E-state index in [-0.39, 0.29) is 5.91 Å². The van der Waals surface area contributed by atoms with E-state index in [0.717, 1.165) is 34.5 Å². The average Bonchev–Trinajstić information content (AvgIpc) is 3.34. The molecule has 130 valence electrons. The summed E-state index contributed by atoms with van der Waals surface area (Å²) in [7, 11) is 0. The fourth-order valence-electron chi connectivity index (χ4n) is 3.00. The molecule has 4 heterocycles. The number of nitrogens with zero attached hydrogens (tertiary/aromatic N) is 4. The van der Waals surface area contributed by atoms with Crippen LogP contribution in [0.25, 0.3) is 9.88 Å². The summed E-state index contributed by atoms with van der Waals surface area (Å²) in [6.07, 6.45) is 5.31. The van der Waals surface area contributed by atoms with Gasteiger partial charge in [-0.15, -0.1) is 32.9 Å². The molecule has 0 unspecified atom stereocenters. The summed E-state index contributed by atoms with van der Waals surface area (Å²) in [6, 6.07) is 4.00. The number of carbonyl (C=O) groups excluding carboxylic acids is 1. The van der Waals surface area contributed by atoms with Gasteiger partial charge in [0.05, 0.1) is 4.88 Å². The van der Waals surface area contributed by atoms with Crippen LogP contribution in [0, 0.1) is 0 Å². The van der Waals surface area contributed by atoms with Crippen molar-refractivity contribution in [2.24, 2.45) is 0 Å². The summed E-state index contributed by atoms with van der Waals surface area (Å²) in [5.74, 6) is 1.92. The highest BCUT2D eigenvalue weighted by Gasteiger charge is 2.16. The van der Waals surface area contributed by atoms with Gasteiger partial charge in [-0.3, -0.25) is 4.79 Å². The summed E-state index contributed by atoms with van der Waals surface area (Å²) >= 11 is 3.13. The second-order valence-corrected chi connectivity index (χ2v) is 7.82. The maximum Gasteiger partial charge on any atom is 0.270 e. The van der Waals surface area contributed by atoms with Gasteiger partial charge in [0.15, 0.2) is 0 Å². The van der Waals surface area contributed by atoms with Gasteiger partial charge in [-0.1, -0.05) is 12.5 Å².